The van der Waals surface area contributed by atoms with E-state index in [9.17, 15) is 0 Å². The third kappa shape index (κ3) is 3.74. The van der Waals surface area contributed by atoms with Crippen LogP contribution in [0.3, 0.4) is 0 Å². The molecule has 0 saturated carbocycles. The Morgan fingerprint density at radius 3 is 2.87 bits per heavy atom. The van der Waals surface area contributed by atoms with E-state index in [1.807, 2.05) is 32.9 Å². The van der Waals surface area contributed by atoms with Crippen molar-refractivity contribution in [3.05, 3.63) is 35.4 Å². The number of aryl methyl sites for hydroxylation is 1. The van der Waals surface area contributed by atoms with Crippen LogP contribution < -0.4 is 14.8 Å². The number of anilines is 2. The summed E-state index contributed by atoms with van der Waals surface area (Å²) in [6.45, 7) is 7.00. The number of nitrogens with one attached hydrogen (secondary N) is 1. The molecule has 0 aromatic carbocycles. The largest absolute Gasteiger partial charge is 0.479 e. The second-order valence-electron chi connectivity index (χ2n) is 6.48. The lowest BCUT2D eigenvalue weighted by atomic mass is 10.3. The number of ether oxygens (including phenoxy) is 2. The summed E-state index contributed by atoms with van der Waals surface area (Å²) >= 11 is 6.21. The number of nitrogens with zero attached hydrogens (tertiary/aromatic N) is 7. The van der Waals surface area contributed by atoms with Crippen LogP contribution in [0.4, 0.5) is 11.6 Å². The van der Waals surface area contributed by atoms with Gasteiger partial charge in [-0.1, -0.05) is 25.4 Å². The molecule has 11 heteroatoms. The standard InChI is InChI=1S/C18H17ClN8O2.C2H6/c1-10-13-17(25-27(10)12-5-3-6-20-16(12)28-2)29-8-4-7-26-15-11(14(19)24-26)9-21-18(22-13)23-15;1-2/h3,5-6,9H,4,7-8H2,1-2H3,(H,21,22,23);1-2H3. The number of aromatic nitrogens is 7. The minimum Gasteiger partial charge on any atom is -0.479 e. The molecule has 0 unspecified atom stereocenters. The highest BCUT2D eigenvalue weighted by molar-refractivity contribution is 6.34. The minimum atomic E-state index is 0.387. The van der Waals surface area contributed by atoms with Gasteiger partial charge in [-0.3, -0.25) is 0 Å². The predicted molar refractivity (Wildman–Crippen MR) is 118 cm³/mol. The van der Waals surface area contributed by atoms with Gasteiger partial charge in [-0.2, -0.15) is 10.1 Å². The molecule has 0 amide bonds. The Balaban J connectivity index is 0.00000112. The number of rotatable bonds is 2. The summed E-state index contributed by atoms with van der Waals surface area (Å²) in [5, 5.41) is 13.3. The summed E-state index contributed by atoms with van der Waals surface area (Å²) in [6, 6.07) is 3.71. The van der Waals surface area contributed by atoms with Gasteiger partial charge in [-0.25, -0.2) is 19.3 Å². The summed E-state index contributed by atoms with van der Waals surface area (Å²) in [7, 11) is 1.57. The average Bonchev–Trinajstić information content (AvgIpc) is 3.28. The molecule has 5 heterocycles. The zero-order valence-electron chi connectivity index (χ0n) is 17.8. The van der Waals surface area contributed by atoms with E-state index in [0.717, 1.165) is 5.69 Å². The van der Waals surface area contributed by atoms with Crippen LogP contribution >= 0.6 is 11.6 Å². The third-order valence-electron chi connectivity index (χ3n) is 4.69. The molecular weight excluding hydrogens is 420 g/mol. The smallest absolute Gasteiger partial charge is 0.257 e. The topological polar surface area (TPSA) is 105 Å². The Hall–Kier alpha value is -3.40. The van der Waals surface area contributed by atoms with Gasteiger partial charge >= 0.3 is 0 Å². The van der Waals surface area contributed by atoms with Crippen molar-refractivity contribution in [2.24, 2.45) is 0 Å². The molecular formula is C20H23ClN8O2. The van der Waals surface area contributed by atoms with Gasteiger partial charge in [-0.15, -0.1) is 5.10 Å². The third-order valence-corrected chi connectivity index (χ3v) is 4.97. The van der Waals surface area contributed by atoms with Crippen LogP contribution in [-0.2, 0) is 6.54 Å². The zero-order chi connectivity index (χ0) is 22.0. The van der Waals surface area contributed by atoms with Crippen molar-refractivity contribution in [3.63, 3.8) is 0 Å². The van der Waals surface area contributed by atoms with Crippen molar-refractivity contribution in [1.82, 2.24) is 34.5 Å². The molecule has 0 fully saturated rings. The summed E-state index contributed by atoms with van der Waals surface area (Å²) in [6.07, 6.45) is 4.05. The van der Waals surface area contributed by atoms with Gasteiger partial charge < -0.3 is 14.8 Å². The molecule has 0 saturated heterocycles. The first-order chi connectivity index (χ1) is 15.2. The van der Waals surface area contributed by atoms with Gasteiger partial charge in [0.25, 0.3) is 5.88 Å². The molecule has 0 aliphatic carbocycles. The molecule has 0 spiro atoms. The first-order valence-electron chi connectivity index (χ1n) is 10.0. The van der Waals surface area contributed by atoms with Gasteiger partial charge in [-0.05, 0) is 19.1 Å². The van der Waals surface area contributed by atoms with Crippen molar-refractivity contribution in [3.8, 4) is 17.4 Å². The lowest BCUT2D eigenvalue weighted by Gasteiger charge is -2.09. The molecule has 5 rings (SSSR count). The SMILES string of the molecule is CC.COc1ncccc1-n1nc2c(c1C)Nc1ncc3c(Cl)nn(c3n1)CCCO2. The molecule has 4 aromatic heterocycles. The van der Waals surface area contributed by atoms with Crippen molar-refractivity contribution in [2.45, 2.75) is 33.7 Å². The molecule has 1 N–H and O–H groups in total. The summed E-state index contributed by atoms with van der Waals surface area (Å²) < 4.78 is 14.9. The maximum absolute atomic E-state index is 6.21. The minimum absolute atomic E-state index is 0.387. The maximum atomic E-state index is 6.21. The van der Waals surface area contributed by atoms with Crippen molar-refractivity contribution >= 4 is 34.3 Å². The number of methoxy groups -OCH3 is 1. The molecule has 1 aliphatic rings. The van der Waals surface area contributed by atoms with E-state index in [4.69, 9.17) is 21.1 Å². The first-order valence-corrected chi connectivity index (χ1v) is 10.4. The Kier molecular flexibility index (Phi) is 5.90. The number of fused-ring (bicyclic) bond motifs is 2. The van der Waals surface area contributed by atoms with E-state index in [0.29, 0.717) is 64.8 Å². The second kappa shape index (κ2) is 8.76. The van der Waals surface area contributed by atoms with Crippen LogP contribution in [-0.4, -0.2) is 48.2 Å². The Labute approximate surface area is 184 Å². The van der Waals surface area contributed by atoms with Gasteiger partial charge in [0.1, 0.15) is 11.4 Å². The van der Waals surface area contributed by atoms with Gasteiger partial charge in [0.15, 0.2) is 10.8 Å². The molecule has 2 bridgehead atoms. The highest BCUT2D eigenvalue weighted by atomic mass is 35.5. The van der Waals surface area contributed by atoms with E-state index in [-0.39, 0.29) is 0 Å². The predicted octanol–water partition coefficient (Wildman–Crippen LogP) is 3.93. The molecule has 31 heavy (non-hydrogen) atoms. The second-order valence-corrected chi connectivity index (χ2v) is 6.84. The van der Waals surface area contributed by atoms with E-state index in [1.54, 1.807) is 28.9 Å². The summed E-state index contributed by atoms with van der Waals surface area (Å²) in [5.41, 5.74) is 2.86. The van der Waals surface area contributed by atoms with Crippen LogP contribution in [0.2, 0.25) is 5.15 Å². The maximum Gasteiger partial charge on any atom is 0.257 e. The number of pyridine rings is 1. The van der Waals surface area contributed by atoms with Crippen LogP contribution in [0.1, 0.15) is 26.0 Å². The highest BCUT2D eigenvalue weighted by Gasteiger charge is 2.22. The van der Waals surface area contributed by atoms with Crippen molar-refractivity contribution < 1.29 is 9.47 Å². The van der Waals surface area contributed by atoms with Crippen LogP contribution in [0.25, 0.3) is 16.7 Å². The van der Waals surface area contributed by atoms with E-state index in [1.165, 1.54) is 0 Å². The van der Waals surface area contributed by atoms with Gasteiger partial charge in [0, 0.05) is 25.4 Å². The van der Waals surface area contributed by atoms with Crippen LogP contribution in [0.15, 0.2) is 24.5 Å². The highest BCUT2D eigenvalue weighted by Crippen LogP contribution is 2.34. The molecule has 10 nitrogen and oxygen atoms in total. The fourth-order valence-electron chi connectivity index (χ4n) is 3.29. The monoisotopic (exact) mass is 442 g/mol. The Morgan fingerprint density at radius 2 is 2.06 bits per heavy atom. The summed E-state index contributed by atoms with van der Waals surface area (Å²) in [5.74, 6) is 1.33. The molecule has 0 radical (unpaired) electrons. The molecule has 162 valence electrons. The fourth-order valence-corrected chi connectivity index (χ4v) is 3.51. The first kappa shape index (κ1) is 20.9. The van der Waals surface area contributed by atoms with Crippen LogP contribution in [0, 0.1) is 6.92 Å². The Morgan fingerprint density at radius 1 is 1.23 bits per heavy atom. The van der Waals surface area contributed by atoms with Crippen LogP contribution in [0.5, 0.6) is 11.8 Å². The van der Waals surface area contributed by atoms with Crippen molar-refractivity contribution in [2.75, 3.05) is 19.0 Å². The fraction of sp³-hybridized carbons (Fsp3) is 0.350. The normalized spacial score (nSPS) is 12.8. The summed E-state index contributed by atoms with van der Waals surface area (Å²) in [4.78, 5) is 13.2. The lowest BCUT2D eigenvalue weighted by Crippen LogP contribution is -2.07. The van der Waals surface area contributed by atoms with E-state index >= 15 is 0 Å². The molecule has 1 aliphatic heterocycles. The van der Waals surface area contributed by atoms with Crippen molar-refractivity contribution in [1.29, 1.82) is 0 Å². The molecule has 4 aromatic rings. The van der Waals surface area contributed by atoms with Gasteiger partial charge in [0.2, 0.25) is 11.8 Å². The number of halogens is 1. The van der Waals surface area contributed by atoms with Gasteiger partial charge in [0.05, 0.1) is 24.8 Å². The van der Waals surface area contributed by atoms with E-state index < -0.39 is 0 Å². The lowest BCUT2D eigenvalue weighted by molar-refractivity contribution is 0.288. The van der Waals surface area contributed by atoms with E-state index in [2.05, 4.69) is 30.5 Å². The Bertz CT molecular complexity index is 1220. The number of hydrogen-bond donors (Lipinski definition) is 1. The zero-order valence-corrected chi connectivity index (χ0v) is 18.5. The quantitative estimate of drug-likeness (QED) is 0.497. The molecule has 0 atom stereocenters. The average molecular weight is 443 g/mol. The number of hydrogen-bond acceptors (Lipinski definition) is 8.